The van der Waals surface area contributed by atoms with Crippen LogP contribution in [0.1, 0.15) is 66.2 Å². The predicted molar refractivity (Wildman–Crippen MR) is 86.7 cm³/mol. The molecule has 0 aliphatic carbocycles. The maximum atomic E-state index is 12.0. The molecule has 0 N–H and O–H groups in total. The first-order valence-electron chi connectivity index (χ1n) is 7.57. The Bertz CT molecular complexity index is 379. The minimum atomic E-state index is -2.93. The van der Waals surface area contributed by atoms with Crippen LogP contribution in [0.5, 0.6) is 0 Å². The Hall–Kier alpha value is 0.300. The Kier molecular flexibility index (Phi) is 5.83. The molecule has 1 aliphatic rings. The standard InChI is InChI=1S/C15H30O2S2/c1-5-8-14(3,9-6-2)13-7-10-19(16,17)12-15(4,18)11-13/h13,18H,5-12H2,1-4H3. The molecular formula is C15H30O2S2. The minimum absolute atomic E-state index is 0.230. The molecule has 2 unspecified atom stereocenters. The van der Waals surface area contributed by atoms with Crippen molar-refractivity contribution in [3.8, 4) is 0 Å². The van der Waals surface area contributed by atoms with Crippen LogP contribution in [0.25, 0.3) is 0 Å². The van der Waals surface area contributed by atoms with Gasteiger partial charge in [0.05, 0.1) is 11.5 Å². The summed E-state index contributed by atoms with van der Waals surface area (Å²) in [5, 5.41) is 0. The van der Waals surface area contributed by atoms with Gasteiger partial charge in [0.15, 0.2) is 9.84 Å². The van der Waals surface area contributed by atoms with Gasteiger partial charge in [-0.05, 0) is 43.9 Å². The van der Waals surface area contributed by atoms with Crippen molar-refractivity contribution in [2.24, 2.45) is 11.3 Å². The van der Waals surface area contributed by atoms with Crippen molar-refractivity contribution in [2.45, 2.75) is 71.0 Å². The van der Waals surface area contributed by atoms with Crippen LogP contribution in [0.15, 0.2) is 0 Å². The lowest BCUT2D eigenvalue weighted by Gasteiger charge is -2.40. The summed E-state index contributed by atoms with van der Waals surface area (Å²) in [7, 11) is -2.93. The first-order chi connectivity index (χ1) is 8.64. The van der Waals surface area contributed by atoms with Crippen molar-refractivity contribution in [2.75, 3.05) is 11.5 Å². The molecule has 1 rings (SSSR count). The van der Waals surface area contributed by atoms with E-state index in [2.05, 4.69) is 33.4 Å². The highest BCUT2D eigenvalue weighted by molar-refractivity contribution is 7.92. The molecule has 2 nitrogen and oxygen atoms in total. The van der Waals surface area contributed by atoms with E-state index in [1.807, 2.05) is 6.92 Å². The van der Waals surface area contributed by atoms with Crippen molar-refractivity contribution in [1.82, 2.24) is 0 Å². The Balaban J connectivity index is 2.97. The van der Waals surface area contributed by atoms with Crippen LogP contribution in [0.3, 0.4) is 0 Å². The van der Waals surface area contributed by atoms with Crippen molar-refractivity contribution in [3.63, 3.8) is 0 Å². The smallest absolute Gasteiger partial charge is 0.151 e. The highest BCUT2D eigenvalue weighted by atomic mass is 32.2. The molecular weight excluding hydrogens is 276 g/mol. The molecule has 4 heteroatoms. The molecule has 114 valence electrons. The summed E-state index contributed by atoms with van der Waals surface area (Å²) in [5.74, 6) is 1.05. The fourth-order valence-electron chi connectivity index (χ4n) is 3.83. The van der Waals surface area contributed by atoms with Crippen LogP contribution in [0, 0.1) is 11.3 Å². The molecule has 0 bridgehead atoms. The van der Waals surface area contributed by atoms with Crippen molar-refractivity contribution < 1.29 is 8.42 Å². The lowest BCUT2D eigenvalue weighted by atomic mass is 9.67. The second-order valence-corrected chi connectivity index (χ2v) is 10.2. The zero-order valence-electron chi connectivity index (χ0n) is 12.9. The van der Waals surface area contributed by atoms with Gasteiger partial charge in [0.2, 0.25) is 0 Å². The minimum Gasteiger partial charge on any atom is -0.229 e. The number of rotatable bonds is 5. The van der Waals surface area contributed by atoms with Gasteiger partial charge in [-0.15, -0.1) is 0 Å². The molecule has 0 saturated carbocycles. The summed E-state index contributed by atoms with van der Waals surface area (Å²) in [5.41, 5.74) is 0.271. The lowest BCUT2D eigenvalue weighted by molar-refractivity contribution is 0.131. The molecule has 0 aromatic heterocycles. The quantitative estimate of drug-likeness (QED) is 0.776. The monoisotopic (exact) mass is 306 g/mol. The van der Waals surface area contributed by atoms with E-state index in [9.17, 15) is 8.42 Å². The van der Waals surface area contributed by atoms with Gasteiger partial charge in [-0.1, -0.05) is 33.6 Å². The summed E-state index contributed by atoms with van der Waals surface area (Å²) in [6, 6.07) is 0. The molecule has 1 saturated heterocycles. The molecule has 1 aliphatic heterocycles. The van der Waals surface area contributed by atoms with E-state index in [-0.39, 0.29) is 15.9 Å². The van der Waals surface area contributed by atoms with Crippen LogP contribution in [-0.2, 0) is 9.84 Å². The van der Waals surface area contributed by atoms with E-state index >= 15 is 0 Å². The third-order valence-corrected chi connectivity index (χ3v) is 7.11. The Morgan fingerprint density at radius 2 is 1.79 bits per heavy atom. The first-order valence-corrected chi connectivity index (χ1v) is 9.84. The summed E-state index contributed by atoms with van der Waals surface area (Å²) < 4.78 is 23.7. The van der Waals surface area contributed by atoms with Crippen LogP contribution >= 0.6 is 12.6 Å². The molecule has 0 spiro atoms. The molecule has 1 fully saturated rings. The number of hydrogen-bond donors (Lipinski definition) is 1. The summed E-state index contributed by atoms with van der Waals surface area (Å²) in [6.07, 6.45) is 6.46. The summed E-state index contributed by atoms with van der Waals surface area (Å²) in [6.45, 7) is 8.79. The maximum Gasteiger partial charge on any atom is 0.151 e. The molecule has 0 aromatic rings. The molecule has 0 radical (unpaired) electrons. The predicted octanol–water partition coefficient (Wildman–Crippen LogP) is 4.11. The van der Waals surface area contributed by atoms with Crippen molar-refractivity contribution in [1.29, 1.82) is 0 Å². The largest absolute Gasteiger partial charge is 0.229 e. The van der Waals surface area contributed by atoms with Gasteiger partial charge < -0.3 is 0 Å². The molecule has 19 heavy (non-hydrogen) atoms. The van der Waals surface area contributed by atoms with Crippen molar-refractivity contribution >= 4 is 22.5 Å². The van der Waals surface area contributed by atoms with E-state index in [0.717, 1.165) is 12.8 Å². The van der Waals surface area contributed by atoms with E-state index < -0.39 is 9.84 Å². The Morgan fingerprint density at radius 1 is 1.26 bits per heavy atom. The molecule has 2 atom stereocenters. The fraction of sp³-hybridized carbons (Fsp3) is 1.00. The highest BCUT2D eigenvalue weighted by Crippen LogP contribution is 2.46. The number of hydrogen-bond acceptors (Lipinski definition) is 3. The fourth-order valence-corrected chi connectivity index (χ4v) is 6.49. The third kappa shape index (κ3) is 4.96. The lowest BCUT2D eigenvalue weighted by Crippen LogP contribution is -2.33. The second-order valence-electron chi connectivity index (χ2n) is 6.93. The van der Waals surface area contributed by atoms with Crippen LogP contribution in [-0.4, -0.2) is 24.7 Å². The van der Waals surface area contributed by atoms with Crippen LogP contribution in [0.4, 0.5) is 0 Å². The average molecular weight is 307 g/mol. The maximum absolute atomic E-state index is 12.0. The van der Waals surface area contributed by atoms with Gasteiger partial charge in [-0.25, -0.2) is 8.42 Å². The second kappa shape index (κ2) is 6.38. The third-order valence-electron chi connectivity index (χ3n) is 4.62. The van der Waals surface area contributed by atoms with Gasteiger partial charge in [-0.2, -0.15) is 12.6 Å². The normalized spacial score (nSPS) is 31.9. The Morgan fingerprint density at radius 3 is 2.26 bits per heavy atom. The van der Waals surface area contributed by atoms with E-state index in [1.54, 1.807) is 0 Å². The molecule has 0 aromatic carbocycles. The number of sulfone groups is 1. The summed E-state index contributed by atoms with van der Waals surface area (Å²) in [4.78, 5) is 0. The average Bonchev–Trinajstić information content (AvgIpc) is 2.33. The number of thiol groups is 1. The zero-order valence-corrected chi connectivity index (χ0v) is 14.6. The first kappa shape index (κ1) is 17.4. The van der Waals surface area contributed by atoms with Gasteiger partial charge >= 0.3 is 0 Å². The van der Waals surface area contributed by atoms with E-state index in [1.165, 1.54) is 25.7 Å². The Labute approximate surface area is 125 Å². The highest BCUT2D eigenvalue weighted by Gasteiger charge is 2.41. The molecule has 1 heterocycles. The molecule has 0 amide bonds. The van der Waals surface area contributed by atoms with Gasteiger partial charge in [0, 0.05) is 4.75 Å². The van der Waals surface area contributed by atoms with Gasteiger partial charge in [-0.3, -0.25) is 0 Å². The van der Waals surface area contributed by atoms with E-state index in [4.69, 9.17) is 0 Å². The van der Waals surface area contributed by atoms with E-state index in [0.29, 0.717) is 11.7 Å². The summed E-state index contributed by atoms with van der Waals surface area (Å²) >= 11 is 4.65. The van der Waals surface area contributed by atoms with Crippen LogP contribution < -0.4 is 0 Å². The van der Waals surface area contributed by atoms with Gasteiger partial charge in [0.25, 0.3) is 0 Å². The SMILES string of the molecule is CCCC(C)(CCC)C1CCS(=O)(=O)CC(C)(S)C1. The topological polar surface area (TPSA) is 34.1 Å². The van der Waals surface area contributed by atoms with Crippen LogP contribution in [0.2, 0.25) is 0 Å². The van der Waals surface area contributed by atoms with Gasteiger partial charge in [0.1, 0.15) is 0 Å². The zero-order chi connectivity index (χ0) is 14.7. The van der Waals surface area contributed by atoms with Crippen molar-refractivity contribution in [3.05, 3.63) is 0 Å².